The second-order valence-electron chi connectivity index (χ2n) is 6.50. The van der Waals surface area contributed by atoms with E-state index in [4.69, 9.17) is 4.74 Å². The van der Waals surface area contributed by atoms with Gasteiger partial charge in [-0.3, -0.25) is 0 Å². The first kappa shape index (κ1) is 14.3. The van der Waals surface area contributed by atoms with Crippen LogP contribution >= 0.6 is 0 Å². The van der Waals surface area contributed by atoms with Crippen LogP contribution < -0.4 is 5.32 Å². The fourth-order valence-corrected chi connectivity index (χ4v) is 3.77. The normalized spacial score (nSPS) is 34.7. The van der Waals surface area contributed by atoms with Gasteiger partial charge in [-0.25, -0.2) is 0 Å². The zero-order valence-corrected chi connectivity index (χ0v) is 12.3. The van der Waals surface area contributed by atoms with Crippen LogP contribution in [0, 0.1) is 11.8 Å². The van der Waals surface area contributed by atoms with E-state index in [2.05, 4.69) is 19.2 Å². The molecule has 0 amide bonds. The molecule has 0 heterocycles. The maximum Gasteiger partial charge on any atom is 0.0594 e. The van der Waals surface area contributed by atoms with Crippen LogP contribution in [0.25, 0.3) is 0 Å². The third kappa shape index (κ3) is 4.24. The van der Waals surface area contributed by atoms with Crippen molar-refractivity contribution in [1.82, 2.24) is 5.32 Å². The molecule has 18 heavy (non-hydrogen) atoms. The topological polar surface area (TPSA) is 21.3 Å². The Balaban J connectivity index is 1.59. The van der Waals surface area contributed by atoms with Gasteiger partial charge in [-0.1, -0.05) is 39.5 Å². The number of ether oxygens (including phenoxy) is 1. The Morgan fingerprint density at radius 1 is 0.889 bits per heavy atom. The fourth-order valence-electron chi connectivity index (χ4n) is 3.77. The molecule has 0 spiro atoms. The second kappa shape index (κ2) is 7.49. The summed E-state index contributed by atoms with van der Waals surface area (Å²) in [5, 5.41) is 3.74. The molecule has 0 bridgehead atoms. The highest BCUT2D eigenvalue weighted by atomic mass is 16.5. The first-order chi connectivity index (χ1) is 8.77. The lowest BCUT2D eigenvalue weighted by atomic mass is 9.79. The van der Waals surface area contributed by atoms with E-state index in [1.165, 1.54) is 51.4 Å². The first-order valence-corrected chi connectivity index (χ1v) is 8.12. The molecule has 2 rings (SSSR count). The minimum absolute atomic E-state index is 0.557. The van der Waals surface area contributed by atoms with Crippen LogP contribution in [0.1, 0.15) is 65.2 Å². The predicted octanol–water partition coefficient (Wildman–Crippen LogP) is 3.75. The third-order valence-corrected chi connectivity index (χ3v) is 4.93. The minimum atomic E-state index is 0.557. The zero-order valence-electron chi connectivity index (χ0n) is 12.3. The van der Waals surface area contributed by atoms with Crippen LogP contribution in [0.15, 0.2) is 0 Å². The lowest BCUT2D eigenvalue weighted by Crippen LogP contribution is -2.44. The number of nitrogens with one attached hydrogen (secondary N) is 1. The Kier molecular flexibility index (Phi) is 5.97. The van der Waals surface area contributed by atoms with Crippen LogP contribution in [0.3, 0.4) is 0 Å². The Labute approximate surface area is 113 Å². The molecule has 0 saturated heterocycles. The van der Waals surface area contributed by atoms with Gasteiger partial charge in [0.1, 0.15) is 0 Å². The molecule has 2 nitrogen and oxygen atoms in total. The molecule has 2 atom stereocenters. The third-order valence-electron chi connectivity index (χ3n) is 4.93. The van der Waals surface area contributed by atoms with E-state index in [9.17, 15) is 0 Å². The standard InChI is InChI=1S/C16H31NO/c1-13-7-6-8-14(2)16(13)17-11-12-18-15-9-4-3-5-10-15/h13-17H,3-12H2,1-2H3. The summed E-state index contributed by atoms with van der Waals surface area (Å²) in [6.45, 7) is 6.74. The van der Waals surface area contributed by atoms with Crippen LogP contribution in [-0.2, 0) is 4.74 Å². The summed E-state index contributed by atoms with van der Waals surface area (Å²) < 4.78 is 5.98. The molecule has 1 N–H and O–H groups in total. The maximum atomic E-state index is 5.98. The quantitative estimate of drug-likeness (QED) is 0.753. The smallest absolute Gasteiger partial charge is 0.0594 e. The van der Waals surface area contributed by atoms with Gasteiger partial charge >= 0.3 is 0 Å². The van der Waals surface area contributed by atoms with Gasteiger partial charge in [0, 0.05) is 12.6 Å². The van der Waals surface area contributed by atoms with Crippen LogP contribution in [0.4, 0.5) is 0 Å². The summed E-state index contributed by atoms with van der Waals surface area (Å²) in [6.07, 6.45) is 11.5. The molecule has 0 radical (unpaired) electrons. The number of hydrogen-bond acceptors (Lipinski definition) is 2. The largest absolute Gasteiger partial charge is 0.377 e. The van der Waals surface area contributed by atoms with Gasteiger partial charge in [0.25, 0.3) is 0 Å². The van der Waals surface area contributed by atoms with Gasteiger partial charge in [-0.05, 0) is 37.5 Å². The molecule has 2 aliphatic rings. The van der Waals surface area contributed by atoms with Gasteiger partial charge in [0.05, 0.1) is 12.7 Å². The van der Waals surface area contributed by atoms with Crippen molar-refractivity contribution in [3.05, 3.63) is 0 Å². The van der Waals surface area contributed by atoms with E-state index < -0.39 is 0 Å². The highest BCUT2D eigenvalue weighted by molar-refractivity contribution is 4.83. The Bertz CT molecular complexity index is 215. The summed E-state index contributed by atoms with van der Waals surface area (Å²) >= 11 is 0. The Morgan fingerprint density at radius 2 is 1.56 bits per heavy atom. The van der Waals surface area contributed by atoms with Crippen molar-refractivity contribution in [3.63, 3.8) is 0 Å². The summed E-state index contributed by atoms with van der Waals surface area (Å²) in [6, 6.07) is 0.716. The molecule has 0 aliphatic heterocycles. The number of rotatable bonds is 5. The average Bonchev–Trinajstić information content (AvgIpc) is 2.38. The fraction of sp³-hybridized carbons (Fsp3) is 1.00. The monoisotopic (exact) mass is 253 g/mol. The number of hydrogen-bond donors (Lipinski definition) is 1. The summed E-state index contributed by atoms with van der Waals surface area (Å²) in [5.41, 5.74) is 0. The zero-order chi connectivity index (χ0) is 12.8. The molecular formula is C16H31NO. The van der Waals surface area contributed by atoms with Crippen molar-refractivity contribution >= 4 is 0 Å². The van der Waals surface area contributed by atoms with Crippen molar-refractivity contribution in [2.75, 3.05) is 13.2 Å². The van der Waals surface area contributed by atoms with Gasteiger partial charge < -0.3 is 10.1 Å². The first-order valence-electron chi connectivity index (χ1n) is 8.12. The van der Waals surface area contributed by atoms with Gasteiger partial charge in [-0.2, -0.15) is 0 Å². The molecule has 2 fully saturated rings. The Hall–Kier alpha value is -0.0800. The van der Waals surface area contributed by atoms with Crippen LogP contribution in [0.2, 0.25) is 0 Å². The van der Waals surface area contributed by atoms with Crippen LogP contribution in [0.5, 0.6) is 0 Å². The van der Waals surface area contributed by atoms with Crippen molar-refractivity contribution in [1.29, 1.82) is 0 Å². The van der Waals surface area contributed by atoms with Gasteiger partial charge in [-0.15, -0.1) is 0 Å². The summed E-state index contributed by atoms with van der Waals surface area (Å²) in [7, 11) is 0. The lowest BCUT2D eigenvalue weighted by molar-refractivity contribution is 0.0270. The van der Waals surface area contributed by atoms with Crippen molar-refractivity contribution in [2.24, 2.45) is 11.8 Å². The van der Waals surface area contributed by atoms with Crippen molar-refractivity contribution < 1.29 is 4.74 Å². The molecule has 2 unspecified atom stereocenters. The molecule has 0 aromatic heterocycles. The predicted molar refractivity (Wildman–Crippen MR) is 76.8 cm³/mol. The molecule has 2 saturated carbocycles. The molecule has 2 heteroatoms. The van der Waals surface area contributed by atoms with E-state index in [1.54, 1.807) is 0 Å². The average molecular weight is 253 g/mol. The minimum Gasteiger partial charge on any atom is -0.377 e. The highest BCUT2D eigenvalue weighted by Crippen LogP contribution is 2.28. The summed E-state index contributed by atoms with van der Waals surface area (Å²) in [5.74, 6) is 1.67. The van der Waals surface area contributed by atoms with E-state index in [-0.39, 0.29) is 0 Å². The molecule has 106 valence electrons. The summed E-state index contributed by atoms with van der Waals surface area (Å²) in [4.78, 5) is 0. The maximum absolute atomic E-state index is 5.98. The lowest BCUT2D eigenvalue weighted by Gasteiger charge is -2.35. The second-order valence-corrected chi connectivity index (χ2v) is 6.50. The SMILES string of the molecule is CC1CCCC(C)C1NCCOC1CCCCC1. The van der Waals surface area contributed by atoms with Crippen molar-refractivity contribution in [3.8, 4) is 0 Å². The molecule has 2 aliphatic carbocycles. The van der Waals surface area contributed by atoms with E-state index in [1.807, 2.05) is 0 Å². The van der Waals surface area contributed by atoms with Gasteiger partial charge in [0.15, 0.2) is 0 Å². The van der Waals surface area contributed by atoms with E-state index >= 15 is 0 Å². The highest BCUT2D eigenvalue weighted by Gasteiger charge is 2.26. The van der Waals surface area contributed by atoms with Crippen molar-refractivity contribution in [2.45, 2.75) is 77.4 Å². The molecule has 0 aromatic rings. The Morgan fingerprint density at radius 3 is 2.22 bits per heavy atom. The van der Waals surface area contributed by atoms with Gasteiger partial charge in [0.2, 0.25) is 0 Å². The molecule has 0 aromatic carbocycles. The molecular weight excluding hydrogens is 222 g/mol. The van der Waals surface area contributed by atoms with E-state index in [0.29, 0.717) is 12.1 Å². The van der Waals surface area contributed by atoms with Crippen LogP contribution in [-0.4, -0.2) is 25.3 Å². The van der Waals surface area contributed by atoms with E-state index in [0.717, 1.165) is 25.0 Å².